The van der Waals surface area contributed by atoms with Crippen molar-refractivity contribution in [2.24, 2.45) is 0 Å². The fourth-order valence-electron chi connectivity index (χ4n) is 3.62. The molecule has 0 atom stereocenters. The smallest absolute Gasteiger partial charge is 0.872 e. The molecular weight excluding hydrogens is 395 g/mol. The molecule has 1 N–H and O–H groups in total. The molecule has 0 unspecified atom stereocenters. The zero-order valence-corrected chi connectivity index (χ0v) is 21.4. The Hall–Kier alpha value is -0.0700. The van der Waals surface area contributed by atoms with Crippen molar-refractivity contribution in [2.75, 3.05) is 0 Å². The van der Waals surface area contributed by atoms with E-state index in [0.717, 1.165) is 24.8 Å². The second-order valence-corrected chi connectivity index (χ2v) is 9.35. The summed E-state index contributed by atoms with van der Waals surface area (Å²) >= 11 is 0. The summed E-state index contributed by atoms with van der Waals surface area (Å²) in [6.45, 7) is 2.26. The van der Waals surface area contributed by atoms with Crippen molar-refractivity contribution in [3.63, 3.8) is 0 Å². The first-order valence-electron chi connectivity index (χ1n) is 11.2. The van der Waals surface area contributed by atoms with E-state index in [2.05, 4.69) is 6.92 Å². The van der Waals surface area contributed by atoms with Gasteiger partial charge in [0.2, 0.25) is 0 Å². The topological polar surface area (TPSA) is 77.4 Å². The van der Waals surface area contributed by atoms with E-state index in [1.54, 1.807) is 6.07 Å². The maximum Gasteiger partial charge on any atom is 1.00 e. The van der Waals surface area contributed by atoms with E-state index in [1.165, 1.54) is 95.6 Å². The first-order chi connectivity index (χ1) is 13.4. The second-order valence-electron chi connectivity index (χ2n) is 7.96. The molecule has 0 bridgehead atoms. The average Bonchev–Trinajstić information content (AvgIpc) is 2.64. The van der Waals surface area contributed by atoms with E-state index < -0.39 is 20.8 Å². The van der Waals surface area contributed by atoms with Crippen molar-refractivity contribution in [1.29, 1.82) is 0 Å². The Morgan fingerprint density at radius 3 is 1.55 bits per heavy atom. The SMILES string of the molecule is CCCCCCCCCCCCCCCCCc1ccc(S(=O)(=O)O)c([O-])c1.[Na+]. The summed E-state index contributed by atoms with van der Waals surface area (Å²) in [5.41, 5.74) is 0.840. The molecule has 0 radical (unpaired) electrons. The fraction of sp³-hybridized carbons (Fsp3) is 0.739. The normalized spacial score (nSPS) is 11.4. The summed E-state index contributed by atoms with van der Waals surface area (Å²) in [5, 5.41) is 11.7. The number of hydrogen-bond acceptors (Lipinski definition) is 3. The van der Waals surface area contributed by atoms with E-state index in [9.17, 15) is 13.5 Å². The molecule has 0 saturated carbocycles. The Morgan fingerprint density at radius 1 is 0.759 bits per heavy atom. The molecule has 1 aromatic rings. The second kappa shape index (κ2) is 17.6. The number of hydrogen-bond donors (Lipinski definition) is 1. The first kappa shape index (κ1) is 28.9. The van der Waals surface area contributed by atoms with Crippen LogP contribution >= 0.6 is 0 Å². The molecule has 6 heteroatoms. The van der Waals surface area contributed by atoms with Gasteiger partial charge in [-0.3, -0.25) is 4.55 Å². The van der Waals surface area contributed by atoms with Crippen LogP contribution in [-0.2, 0) is 16.5 Å². The molecule has 0 heterocycles. The standard InChI is InChI=1S/C23H40O4S.Na/c1-2-3-4-5-6-7-8-9-10-11-12-13-14-15-16-17-21-18-19-23(22(24)20-21)28(25,26)27;/h18-20,24H,2-17H2,1H3,(H,25,26,27);/q;+1/p-1. The van der Waals surface area contributed by atoms with Gasteiger partial charge in [-0.2, -0.15) is 8.42 Å². The van der Waals surface area contributed by atoms with Gasteiger partial charge in [0.05, 0.1) is 4.90 Å². The molecule has 0 aliphatic rings. The van der Waals surface area contributed by atoms with Crippen LogP contribution in [0.3, 0.4) is 0 Å². The number of benzene rings is 1. The van der Waals surface area contributed by atoms with Crippen LogP contribution in [0.2, 0.25) is 0 Å². The molecule has 0 spiro atoms. The van der Waals surface area contributed by atoms with Crippen molar-refractivity contribution in [2.45, 2.75) is 115 Å². The molecule has 0 aliphatic heterocycles. The minimum absolute atomic E-state index is 0. The minimum Gasteiger partial charge on any atom is -0.872 e. The van der Waals surface area contributed by atoms with Crippen LogP contribution in [0.25, 0.3) is 0 Å². The molecule has 4 nitrogen and oxygen atoms in total. The predicted octanol–water partition coefficient (Wildman–Crippen LogP) is 3.42. The van der Waals surface area contributed by atoms with Crippen LogP contribution in [0.5, 0.6) is 5.75 Å². The van der Waals surface area contributed by atoms with Gasteiger partial charge < -0.3 is 5.11 Å². The van der Waals surface area contributed by atoms with Crippen molar-refractivity contribution >= 4 is 10.1 Å². The average molecular weight is 435 g/mol. The van der Waals surface area contributed by atoms with Gasteiger partial charge in [-0.25, -0.2) is 0 Å². The third kappa shape index (κ3) is 14.5. The van der Waals surface area contributed by atoms with Crippen molar-refractivity contribution in [1.82, 2.24) is 0 Å². The summed E-state index contributed by atoms with van der Waals surface area (Å²) in [5.74, 6) is -0.624. The maximum absolute atomic E-state index is 11.7. The number of aryl methyl sites for hydroxylation is 1. The molecule has 1 aromatic carbocycles. The maximum atomic E-state index is 11.7. The van der Waals surface area contributed by atoms with Gasteiger partial charge in [0.1, 0.15) is 0 Å². The molecule has 0 amide bonds. The Morgan fingerprint density at radius 2 is 1.17 bits per heavy atom. The third-order valence-corrected chi connectivity index (χ3v) is 6.25. The molecular formula is C23H39NaO4S. The summed E-state index contributed by atoms with van der Waals surface area (Å²) < 4.78 is 31.0. The zero-order chi connectivity index (χ0) is 20.7. The molecule has 29 heavy (non-hydrogen) atoms. The molecule has 0 saturated heterocycles. The number of rotatable bonds is 17. The van der Waals surface area contributed by atoms with Crippen LogP contribution in [0, 0.1) is 0 Å². The monoisotopic (exact) mass is 434 g/mol. The van der Waals surface area contributed by atoms with Crippen LogP contribution in [-0.4, -0.2) is 13.0 Å². The zero-order valence-electron chi connectivity index (χ0n) is 18.6. The number of unbranched alkanes of at least 4 members (excludes halogenated alkanes) is 14. The molecule has 1 rings (SSSR count). The summed E-state index contributed by atoms with van der Waals surface area (Å²) in [6.07, 6.45) is 20.5. The summed E-state index contributed by atoms with van der Waals surface area (Å²) in [6, 6.07) is 4.15. The van der Waals surface area contributed by atoms with Crippen LogP contribution in [0.1, 0.15) is 109 Å². The summed E-state index contributed by atoms with van der Waals surface area (Å²) in [4.78, 5) is -0.534. The Kier molecular flexibility index (Phi) is 17.6. The van der Waals surface area contributed by atoms with Crippen molar-refractivity contribution < 1.29 is 47.6 Å². The molecule has 0 fully saturated rings. The molecule has 162 valence electrons. The van der Waals surface area contributed by atoms with E-state index in [-0.39, 0.29) is 29.6 Å². The minimum atomic E-state index is -4.41. The van der Waals surface area contributed by atoms with Gasteiger partial charge in [0, 0.05) is 0 Å². The van der Waals surface area contributed by atoms with Crippen LogP contribution < -0.4 is 34.7 Å². The Labute approximate surface area is 200 Å². The van der Waals surface area contributed by atoms with Gasteiger partial charge in [0.25, 0.3) is 10.1 Å². The van der Waals surface area contributed by atoms with Crippen molar-refractivity contribution in [3.05, 3.63) is 23.8 Å². The van der Waals surface area contributed by atoms with Gasteiger partial charge in [0.15, 0.2) is 0 Å². The Balaban J connectivity index is 0.00000784. The molecule has 0 aliphatic carbocycles. The summed E-state index contributed by atoms with van der Waals surface area (Å²) in [7, 11) is -4.41. The van der Waals surface area contributed by atoms with Crippen LogP contribution in [0.4, 0.5) is 0 Å². The van der Waals surface area contributed by atoms with Gasteiger partial charge in [-0.05, 0) is 24.5 Å². The predicted molar refractivity (Wildman–Crippen MR) is 114 cm³/mol. The fourth-order valence-corrected chi connectivity index (χ4v) is 4.17. The largest absolute Gasteiger partial charge is 1.00 e. The van der Waals surface area contributed by atoms with Crippen molar-refractivity contribution in [3.8, 4) is 5.75 Å². The quantitative estimate of drug-likeness (QED) is 0.231. The first-order valence-corrected chi connectivity index (χ1v) is 12.7. The van der Waals surface area contributed by atoms with E-state index in [4.69, 9.17) is 4.55 Å². The van der Waals surface area contributed by atoms with E-state index in [1.807, 2.05) is 0 Å². The van der Waals surface area contributed by atoms with E-state index >= 15 is 0 Å². The molecule has 0 aromatic heterocycles. The Bertz CT molecular complexity index is 632. The van der Waals surface area contributed by atoms with Gasteiger partial charge >= 0.3 is 29.6 Å². The van der Waals surface area contributed by atoms with Gasteiger partial charge in [-0.15, -0.1) is 0 Å². The van der Waals surface area contributed by atoms with Crippen LogP contribution in [0.15, 0.2) is 23.1 Å². The van der Waals surface area contributed by atoms with Gasteiger partial charge in [-0.1, -0.05) is 115 Å². The van der Waals surface area contributed by atoms with E-state index in [0.29, 0.717) is 0 Å². The third-order valence-electron chi connectivity index (χ3n) is 5.36.